The Morgan fingerprint density at radius 1 is 1.33 bits per heavy atom. The number of rotatable bonds is 3. The van der Waals surface area contributed by atoms with E-state index < -0.39 is 6.67 Å². The first-order valence-corrected chi connectivity index (χ1v) is 5.04. The van der Waals surface area contributed by atoms with Gasteiger partial charge in [0, 0.05) is 18.1 Å². The lowest BCUT2D eigenvalue weighted by atomic mass is 10.2. The summed E-state index contributed by atoms with van der Waals surface area (Å²) >= 11 is 6.02. The third kappa shape index (κ3) is 2.02. The number of alkyl halides is 1. The van der Waals surface area contributed by atoms with E-state index in [4.69, 9.17) is 11.6 Å². The van der Waals surface area contributed by atoms with Gasteiger partial charge in [-0.2, -0.15) is 0 Å². The monoisotopic (exact) mass is 224 g/mol. The molecule has 4 heteroatoms. The maximum absolute atomic E-state index is 12.0. The maximum atomic E-state index is 12.0. The molecule has 0 aliphatic heterocycles. The summed E-state index contributed by atoms with van der Waals surface area (Å²) in [5.74, 6) is 0. The minimum absolute atomic E-state index is 0.285. The zero-order valence-electron chi connectivity index (χ0n) is 8.00. The Kier molecular flexibility index (Phi) is 3.02. The minimum Gasteiger partial charge on any atom is -0.381 e. The Labute approximate surface area is 92.1 Å². The Hall–Kier alpha value is -1.35. The second kappa shape index (κ2) is 4.45. The van der Waals surface area contributed by atoms with Crippen LogP contribution in [0.3, 0.4) is 0 Å². The SMILES string of the molecule is FCCNc1ccc(Cl)c2cccnc12. The number of benzene rings is 1. The quantitative estimate of drug-likeness (QED) is 0.866. The van der Waals surface area contributed by atoms with Gasteiger partial charge in [-0.15, -0.1) is 0 Å². The molecule has 1 aromatic carbocycles. The van der Waals surface area contributed by atoms with Crippen molar-refractivity contribution in [1.82, 2.24) is 4.98 Å². The number of hydrogen-bond acceptors (Lipinski definition) is 2. The fourth-order valence-electron chi connectivity index (χ4n) is 1.46. The lowest BCUT2D eigenvalue weighted by Crippen LogP contribution is -2.03. The van der Waals surface area contributed by atoms with E-state index in [2.05, 4.69) is 10.3 Å². The van der Waals surface area contributed by atoms with E-state index >= 15 is 0 Å². The second-order valence-electron chi connectivity index (χ2n) is 3.11. The van der Waals surface area contributed by atoms with Crippen LogP contribution in [0.2, 0.25) is 5.02 Å². The highest BCUT2D eigenvalue weighted by molar-refractivity contribution is 6.35. The van der Waals surface area contributed by atoms with Crippen molar-refractivity contribution in [1.29, 1.82) is 0 Å². The molecule has 0 saturated heterocycles. The van der Waals surface area contributed by atoms with Crippen molar-refractivity contribution in [2.45, 2.75) is 0 Å². The van der Waals surface area contributed by atoms with Crippen molar-refractivity contribution >= 4 is 28.2 Å². The lowest BCUT2D eigenvalue weighted by Gasteiger charge is -2.08. The summed E-state index contributed by atoms with van der Waals surface area (Å²) in [6, 6.07) is 7.32. The summed E-state index contributed by atoms with van der Waals surface area (Å²) in [6.07, 6.45) is 1.69. The molecule has 0 fully saturated rings. The molecule has 2 aromatic rings. The van der Waals surface area contributed by atoms with Crippen molar-refractivity contribution < 1.29 is 4.39 Å². The smallest absolute Gasteiger partial charge is 0.107 e. The van der Waals surface area contributed by atoms with Gasteiger partial charge in [0.25, 0.3) is 0 Å². The van der Waals surface area contributed by atoms with Gasteiger partial charge in [-0.3, -0.25) is 4.98 Å². The van der Waals surface area contributed by atoms with Gasteiger partial charge in [0.2, 0.25) is 0 Å². The van der Waals surface area contributed by atoms with Gasteiger partial charge in [-0.05, 0) is 24.3 Å². The number of hydrogen-bond donors (Lipinski definition) is 1. The van der Waals surface area contributed by atoms with Crippen LogP contribution < -0.4 is 5.32 Å². The largest absolute Gasteiger partial charge is 0.381 e. The summed E-state index contributed by atoms with van der Waals surface area (Å²) in [7, 11) is 0. The molecule has 2 nitrogen and oxygen atoms in total. The first-order chi connectivity index (χ1) is 7.33. The highest BCUT2D eigenvalue weighted by Crippen LogP contribution is 2.27. The van der Waals surface area contributed by atoms with Crippen molar-refractivity contribution in [3.63, 3.8) is 0 Å². The number of aromatic nitrogens is 1. The van der Waals surface area contributed by atoms with E-state index in [1.54, 1.807) is 12.3 Å². The first kappa shape index (κ1) is 10.2. The molecule has 1 heterocycles. The van der Waals surface area contributed by atoms with Crippen LogP contribution in [0.5, 0.6) is 0 Å². The first-order valence-electron chi connectivity index (χ1n) is 4.66. The molecule has 1 aromatic heterocycles. The van der Waals surface area contributed by atoms with E-state index in [1.165, 1.54) is 0 Å². The van der Waals surface area contributed by atoms with Gasteiger partial charge in [0.05, 0.1) is 16.2 Å². The zero-order chi connectivity index (χ0) is 10.7. The summed E-state index contributed by atoms with van der Waals surface area (Å²) in [5.41, 5.74) is 1.59. The molecule has 0 atom stereocenters. The fourth-order valence-corrected chi connectivity index (χ4v) is 1.68. The van der Waals surface area contributed by atoms with Crippen LogP contribution in [0.25, 0.3) is 10.9 Å². The molecule has 0 spiro atoms. The van der Waals surface area contributed by atoms with Crippen LogP contribution in [0, 0.1) is 0 Å². The highest BCUT2D eigenvalue weighted by Gasteiger charge is 2.04. The Balaban J connectivity index is 2.51. The van der Waals surface area contributed by atoms with Crippen molar-refractivity contribution in [2.24, 2.45) is 0 Å². The molecule has 0 unspecified atom stereocenters. The number of anilines is 1. The summed E-state index contributed by atoms with van der Waals surface area (Å²) < 4.78 is 12.0. The predicted molar refractivity (Wildman–Crippen MR) is 61.2 cm³/mol. The number of nitrogens with zero attached hydrogens (tertiary/aromatic N) is 1. The van der Waals surface area contributed by atoms with Gasteiger partial charge < -0.3 is 5.32 Å². The maximum Gasteiger partial charge on any atom is 0.107 e. The van der Waals surface area contributed by atoms with E-state index in [9.17, 15) is 4.39 Å². The third-order valence-electron chi connectivity index (χ3n) is 2.13. The molecule has 0 saturated carbocycles. The van der Waals surface area contributed by atoms with E-state index in [0.29, 0.717) is 5.02 Å². The Morgan fingerprint density at radius 2 is 2.20 bits per heavy atom. The summed E-state index contributed by atoms with van der Waals surface area (Å²) in [5, 5.41) is 4.50. The predicted octanol–water partition coefficient (Wildman–Crippen LogP) is 3.27. The molecule has 0 amide bonds. The number of fused-ring (bicyclic) bond motifs is 1. The van der Waals surface area contributed by atoms with Crippen LogP contribution in [-0.2, 0) is 0 Å². The molecule has 0 radical (unpaired) electrons. The summed E-state index contributed by atoms with van der Waals surface area (Å²) in [4.78, 5) is 4.23. The summed E-state index contributed by atoms with van der Waals surface area (Å²) in [6.45, 7) is -0.121. The molecule has 15 heavy (non-hydrogen) atoms. The Morgan fingerprint density at radius 3 is 3.00 bits per heavy atom. The van der Waals surface area contributed by atoms with Crippen LogP contribution in [0.4, 0.5) is 10.1 Å². The number of halogens is 2. The topological polar surface area (TPSA) is 24.9 Å². The van der Waals surface area contributed by atoms with Gasteiger partial charge in [-0.1, -0.05) is 11.6 Å². The fraction of sp³-hybridized carbons (Fsp3) is 0.182. The van der Waals surface area contributed by atoms with Crippen molar-refractivity contribution in [3.05, 3.63) is 35.5 Å². The van der Waals surface area contributed by atoms with Crippen LogP contribution in [0.1, 0.15) is 0 Å². The zero-order valence-corrected chi connectivity index (χ0v) is 8.76. The molecule has 2 rings (SSSR count). The third-order valence-corrected chi connectivity index (χ3v) is 2.46. The molecule has 78 valence electrons. The number of pyridine rings is 1. The molecular formula is C11H10ClFN2. The normalized spacial score (nSPS) is 10.5. The highest BCUT2D eigenvalue weighted by atomic mass is 35.5. The lowest BCUT2D eigenvalue weighted by molar-refractivity contribution is 0.513. The molecule has 0 aliphatic rings. The molecule has 0 bridgehead atoms. The Bertz CT molecular complexity index is 473. The van der Waals surface area contributed by atoms with Gasteiger partial charge in [0.1, 0.15) is 6.67 Å². The second-order valence-corrected chi connectivity index (χ2v) is 3.52. The molecule has 0 aliphatic carbocycles. The van der Waals surface area contributed by atoms with Crippen LogP contribution >= 0.6 is 11.6 Å². The average Bonchev–Trinajstić information content (AvgIpc) is 2.29. The number of nitrogens with one attached hydrogen (secondary N) is 1. The molecule has 1 N–H and O–H groups in total. The average molecular weight is 225 g/mol. The van der Waals surface area contributed by atoms with Crippen molar-refractivity contribution in [3.8, 4) is 0 Å². The van der Waals surface area contributed by atoms with Gasteiger partial charge in [0.15, 0.2) is 0 Å². The van der Waals surface area contributed by atoms with Crippen molar-refractivity contribution in [2.75, 3.05) is 18.5 Å². The minimum atomic E-state index is -0.406. The van der Waals surface area contributed by atoms with Gasteiger partial charge in [-0.25, -0.2) is 4.39 Å². The van der Waals surface area contributed by atoms with E-state index in [-0.39, 0.29) is 6.54 Å². The van der Waals surface area contributed by atoms with E-state index in [0.717, 1.165) is 16.6 Å². The van der Waals surface area contributed by atoms with Gasteiger partial charge >= 0.3 is 0 Å². The van der Waals surface area contributed by atoms with Crippen LogP contribution in [-0.4, -0.2) is 18.2 Å². The standard InChI is InChI=1S/C11H10ClFN2/c12-9-3-4-10(14-7-5-13)11-8(9)2-1-6-15-11/h1-4,6,14H,5,7H2. The van der Waals surface area contributed by atoms with E-state index in [1.807, 2.05) is 18.2 Å². The molecular weight excluding hydrogens is 215 g/mol. The van der Waals surface area contributed by atoms with Crippen LogP contribution in [0.15, 0.2) is 30.5 Å².